The van der Waals surface area contributed by atoms with Gasteiger partial charge in [0.15, 0.2) is 0 Å². The number of aliphatic hydroxyl groups is 1. The van der Waals surface area contributed by atoms with Crippen molar-refractivity contribution >= 4 is 5.97 Å². The maximum atomic E-state index is 12.3. The van der Waals surface area contributed by atoms with Crippen molar-refractivity contribution in [3.8, 4) is 0 Å². The molecule has 3 aliphatic carbocycles. The van der Waals surface area contributed by atoms with E-state index in [1.54, 1.807) is 0 Å². The average Bonchev–Trinajstić information content (AvgIpc) is 3.57. The van der Waals surface area contributed by atoms with Crippen LogP contribution in [0.1, 0.15) is 60.3 Å². The maximum Gasteiger partial charge on any atom is 0.334 e. The van der Waals surface area contributed by atoms with Crippen LogP contribution in [0, 0.1) is 11.3 Å². The topological polar surface area (TPSA) is 90.0 Å². The third kappa shape index (κ3) is 1.66. The highest BCUT2D eigenvalue weighted by molar-refractivity contribution is 5.93. The van der Waals surface area contributed by atoms with Crippen LogP contribution in [-0.4, -0.2) is 70.6 Å². The summed E-state index contributed by atoms with van der Waals surface area (Å²) in [7, 11) is 0. The second-order valence-corrected chi connectivity index (χ2v) is 11.4. The number of carbonyl (C=O) groups is 1. The fraction of sp³-hybridized carbons (Fsp3) is 0.875. The van der Waals surface area contributed by atoms with Crippen molar-refractivity contribution in [2.24, 2.45) is 11.3 Å². The van der Waals surface area contributed by atoms with Crippen molar-refractivity contribution in [3.05, 3.63) is 11.1 Å². The molecule has 5 aliphatic heterocycles. The molecule has 7 nitrogen and oxygen atoms in total. The van der Waals surface area contributed by atoms with Gasteiger partial charge in [-0.25, -0.2) is 4.79 Å². The Hall–Kier alpha value is -0.990. The molecule has 0 aromatic carbocycles. The fourth-order valence-corrected chi connectivity index (χ4v) is 8.37. The van der Waals surface area contributed by atoms with Crippen LogP contribution in [0.4, 0.5) is 0 Å². The zero-order valence-corrected chi connectivity index (χ0v) is 18.9. The summed E-state index contributed by atoms with van der Waals surface area (Å²) < 4.78 is 31.9. The molecular weight excluding hydrogens is 400 g/mol. The Morgan fingerprint density at radius 2 is 1.94 bits per heavy atom. The Bertz CT molecular complexity index is 936. The number of cyclic esters (lactones) is 1. The Balaban J connectivity index is 1.39. The molecule has 7 heteroatoms. The highest BCUT2D eigenvalue weighted by Gasteiger charge is 3.00. The molecule has 8 rings (SSSR count). The Kier molecular flexibility index (Phi) is 3.28. The minimum absolute atomic E-state index is 0.0501. The van der Waals surface area contributed by atoms with E-state index in [0.717, 1.165) is 6.42 Å². The molecule has 1 N–H and O–H groups in total. The highest BCUT2D eigenvalue weighted by Crippen LogP contribution is 2.83. The summed E-state index contributed by atoms with van der Waals surface area (Å²) in [4.78, 5) is 12.3. The van der Waals surface area contributed by atoms with Gasteiger partial charge >= 0.3 is 5.97 Å². The van der Waals surface area contributed by atoms with Crippen LogP contribution >= 0.6 is 0 Å². The zero-order valence-electron chi connectivity index (χ0n) is 18.9. The van der Waals surface area contributed by atoms with Gasteiger partial charge in [0, 0.05) is 23.0 Å². The van der Waals surface area contributed by atoms with Crippen LogP contribution in [0.15, 0.2) is 11.1 Å². The first-order valence-corrected chi connectivity index (χ1v) is 11.9. The van der Waals surface area contributed by atoms with Gasteiger partial charge in [0.25, 0.3) is 0 Å². The van der Waals surface area contributed by atoms with E-state index in [9.17, 15) is 9.90 Å². The quantitative estimate of drug-likeness (QED) is 0.537. The summed E-state index contributed by atoms with van der Waals surface area (Å²) in [5, 5.41) is 12.3. The molecule has 10 atom stereocenters. The summed E-state index contributed by atoms with van der Waals surface area (Å²) in [6.45, 7) is 10.9. The monoisotopic (exact) mass is 432 g/mol. The van der Waals surface area contributed by atoms with Crippen molar-refractivity contribution in [3.63, 3.8) is 0 Å². The third-order valence-corrected chi connectivity index (χ3v) is 10.2. The van der Waals surface area contributed by atoms with Crippen molar-refractivity contribution in [2.45, 2.75) is 113 Å². The Labute approximate surface area is 182 Å². The minimum Gasteiger partial charge on any atom is -0.458 e. The van der Waals surface area contributed by atoms with Crippen molar-refractivity contribution in [2.75, 3.05) is 6.61 Å². The van der Waals surface area contributed by atoms with Gasteiger partial charge in [0.05, 0.1) is 12.2 Å². The third-order valence-electron chi connectivity index (χ3n) is 10.2. The molecule has 8 aliphatic rings. The second kappa shape index (κ2) is 5.22. The molecule has 2 saturated carbocycles. The number of hydrogen-bond donors (Lipinski definition) is 1. The fourth-order valence-electron chi connectivity index (χ4n) is 8.37. The van der Waals surface area contributed by atoms with Crippen molar-refractivity contribution < 1.29 is 33.6 Å². The van der Waals surface area contributed by atoms with E-state index in [2.05, 4.69) is 34.6 Å². The van der Waals surface area contributed by atoms with Gasteiger partial charge in [-0.15, -0.1) is 0 Å². The van der Waals surface area contributed by atoms with Crippen molar-refractivity contribution in [1.29, 1.82) is 0 Å². The molecule has 5 heterocycles. The average molecular weight is 433 g/mol. The molecule has 0 radical (unpaired) electrons. The molecular formula is C24H32O7. The minimum atomic E-state index is -1.27. The van der Waals surface area contributed by atoms with Crippen LogP contribution in [0.2, 0.25) is 0 Å². The summed E-state index contributed by atoms with van der Waals surface area (Å²) in [5.74, 6) is -0.0284. The van der Waals surface area contributed by atoms with E-state index in [-0.39, 0.29) is 42.9 Å². The number of carbonyl (C=O) groups excluding carboxylic acids is 1. The van der Waals surface area contributed by atoms with Gasteiger partial charge in [-0.1, -0.05) is 27.7 Å². The van der Waals surface area contributed by atoms with Gasteiger partial charge in [0.2, 0.25) is 0 Å². The molecule has 170 valence electrons. The molecule has 6 fully saturated rings. The first-order chi connectivity index (χ1) is 14.6. The lowest BCUT2D eigenvalue weighted by atomic mass is 9.40. The molecule has 2 spiro atoms. The Morgan fingerprint density at radius 1 is 1.19 bits per heavy atom. The number of epoxide rings is 2. The normalized spacial score (nSPS) is 58.4. The summed E-state index contributed by atoms with van der Waals surface area (Å²) in [5.41, 5.74) is -2.22. The first-order valence-electron chi connectivity index (χ1n) is 11.9. The maximum absolute atomic E-state index is 12.3. The molecule has 2 bridgehead atoms. The molecule has 0 amide bonds. The lowest BCUT2D eigenvalue weighted by Crippen LogP contribution is -2.89. The summed E-state index contributed by atoms with van der Waals surface area (Å²) in [6, 6.07) is 0. The molecule has 0 aromatic rings. The predicted molar refractivity (Wildman–Crippen MR) is 107 cm³/mol. The highest BCUT2D eigenvalue weighted by atomic mass is 16.7. The van der Waals surface area contributed by atoms with Crippen LogP contribution in [-0.2, 0) is 28.5 Å². The number of ether oxygens (including phenoxy) is 5. The molecule has 2 unspecified atom stereocenters. The van der Waals surface area contributed by atoms with E-state index in [4.69, 9.17) is 23.7 Å². The number of esters is 1. The SMILES string of the molecule is CCC(C)O[C@@H]1[C@@]2(C(C)C)O[C@H]2[C@@H]2O[C@@]23[C@@]2(C)CCC4=C(COC4=O)[C@]2(O)C2C[C@@]13O2. The molecule has 4 saturated heterocycles. The van der Waals surface area contributed by atoms with E-state index in [1.807, 2.05) is 0 Å². The van der Waals surface area contributed by atoms with Crippen molar-refractivity contribution in [1.82, 2.24) is 0 Å². The molecule has 31 heavy (non-hydrogen) atoms. The van der Waals surface area contributed by atoms with E-state index in [1.165, 1.54) is 0 Å². The van der Waals surface area contributed by atoms with E-state index < -0.39 is 33.9 Å². The standard InChI is InChI=1S/C24H32O7/c1-6-12(4)28-19-21-9-15(29-21)23(26)14-10-27-18(25)13(14)7-8-20(23,5)24(21)17(31-24)16-22(19,30-16)11(2)3/h11-12,15-17,19,26H,6-10H2,1-5H3/t12?,15?,16-,17-,19-,20-,21+,22-,23-,24+/m0/s1. The van der Waals surface area contributed by atoms with Crippen LogP contribution in [0.25, 0.3) is 0 Å². The van der Waals surface area contributed by atoms with E-state index in [0.29, 0.717) is 30.4 Å². The Morgan fingerprint density at radius 3 is 2.61 bits per heavy atom. The summed E-state index contributed by atoms with van der Waals surface area (Å²) >= 11 is 0. The van der Waals surface area contributed by atoms with Gasteiger partial charge in [0.1, 0.15) is 47.3 Å². The molecule has 0 aromatic heterocycles. The number of rotatable bonds is 4. The van der Waals surface area contributed by atoms with Gasteiger partial charge in [-0.05, 0) is 32.1 Å². The second-order valence-electron chi connectivity index (χ2n) is 11.4. The van der Waals surface area contributed by atoms with Gasteiger partial charge < -0.3 is 28.8 Å². The number of fused-ring (bicyclic) bond motifs is 2. The van der Waals surface area contributed by atoms with Crippen LogP contribution < -0.4 is 0 Å². The lowest BCUT2D eigenvalue weighted by Gasteiger charge is -2.73. The summed E-state index contributed by atoms with van der Waals surface area (Å²) in [6.07, 6.45) is 2.08. The van der Waals surface area contributed by atoms with Gasteiger partial charge in [-0.3, -0.25) is 0 Å². The van der Waals surface area contributed by atoms with Gasteiger partial charge in [-0.2, -0.15) is 0 Å². The van der Waals surface area contributed by atoms with Crippen LogP contribution in [0.5, 0.6) is 0 Å². The van der Waals surface area contributed by atoms with Crippen LogP contribution in [0.3, 0.4) is 0 Å². The van der Waals surface area contributed by atoms with E-state index >= 15 is 0 Å². The lowest BCUT2D eigenvalue weighted by molar-refractivity contribution is -0.409. The first kappa shape index (κ1) is 19.5. The smallest absolute Gasteiger partial charge is 0.334 e. The zero-order chi connectivity index (χ0) is 21.8. The largest absolute Gasteiger partial charge is 0.458 e. The number of hydrogen-bond acceptors (Lipinski definition) is 7. The predicted octanol–water partition coefficient (Wildman–Crippen LogP) is 2.04.